The number of carbonyl (C=O) groups excluding carboxylic acids is 1. The molecule has 164 valence electrons. The molecule has 1 saturated heterocycles. The van der Waals surface area contributed by atoms with Gasteiger partial charge in [0.15, 0.2) is 5.96 Å². The molecule has 1 aliphatic heterocycles. The molecule has 3 N–H and O–H groups in total. The van der Waals surface area contributed by atoms with Gasteiger partial charge in [-0.3, -0.25) is 4.79 Å². The molecular weight excluding hydrogens is 388 g/mol. The molecule has 2 aliphatic rings. The molecule has 31 heavy (non-hydrogen) atoms. The van der Waals surface area contributed by atoms with Crippen molar-refractivity contribution in [1.82, 2.24) is 4.90 Å². The number of morpholine rings is 1. The SMILES string of the molecule is CC1CN(C(=O)c2ccc(CN=C(N)Nc3cccc4c3CCCC4)cc2)CC(C)O1. The molecule has 4 rings (SSSR count). The van der Waals surface area contributed by atoms with Crippen LogP contribution in [-0.4, -0.2) is 42.1 Å². The Bertz CT molecular complexity index is 944. The minimum atomic E-state index is 0.0482. The van der Waals surface area contributed by atoms with E-state index in [1.54, 1.807) is 0 Å². The Labute approximate surface area is 184 Å². The van der Waals surface area contributed by atoms with Gasteiger partial charge in [0.1, 0.15) is 0 Å². The van der Waals surface area contributed by atoms with Crippen molar-refractivity contribution in [1.29, 1.82) is 0 Å². The summed E-state index contributed by atoms with van der Waals surface area (Å²) >= 11 is 0. The van der Waals surface area contributed by atoms with E-state index in [2.05, 4.69) is 28.5 Å². The van der Waals surface area contributed by atoms with Gasteiger partial charge in [-0.15, -0.1) is 0 Å². The van der Waals surface area contributed by atoms with E-state index in [4.69, 9.17) is 10.5 Å². The minimum Gasteiger partial charge on any atom is -0.372 e. The van der Waals surface area contributed by atoms with Gasteiger partial charge in [0.05, 0.1) is 18.8 Å². The fourth-order valence-electron chi connectivity index (χ4n) is 4.53. The molecule has 1 amide bonds. The number of ether oxygens (including phenoxy) is 1. The van der Waals surface area contributed by atoms with Crippen LogP contribution in [0.4, 0.5) is 5.69 Å². The fraction of sp³-hybridized carbons (Fsp3) is 0.440. The first-order chi connectivity index (χ1) is 15.0. The van der Waals surface area contributed by atoms with Crippen molar-refractivity contribution in [2.24, 2.45) is 10.7 Å². The Hall–Kier alpha value is -2.86. The third-order valence-electron chi connectivity index (χ3n) is 6.00. The number of nitrogens with two attached hydrogens (primary N) is 1. The van der Waals surface area contributed by atoms with Crippen LogP contribution in [0.2, 0.25) is 0 Å². The zero-order valence-corrected chi connectivity index (χ0v) is 18.4. The van der Waals surface area contributed by atoms with Crippen LogP contribution in [0.5, 0.6) is 0 Å². The minimum absolute atomic E-state index is 0.0482. The number of benzene rings is 2. The predicted molar refractivity (Wildman–Crippen MR) is 124 cm³/mol. The van der Waals surface area contributed by atoms with Crippen molar-refractivity contribution in [2.75, 3.05) is 18.4 Å². The van der Waals surface area contributed by atoms with Crippen LogP contribution in [0.15, 0.2) is 47.5 Å². The maximum absolute atomic E-state index is 12.8. The zero-order valence-electron chi connectivity index (χ0n) is 18.4. The summed E-state index contributed by atoms with van der Waals surface area (Å²) in [5, 5.41) is 3.28. The standard InChI is InChI=1S/C25H32N4O2/c1-17-15-29(16-18(2)31-17)24(30)21-12-10-19(11-13-21)14-27-25(26)28-23-9-5-7-20-6-3-4-8-22(20)23/h5,7,9-13,17-18H,3-4,6,8,14-16H2,1-2H3,(H3,26,27,28). The van der Waals surface area contributed by atoms with Crippen LogP contribution in [0.3, 0.4) is 0 Å². The number of aryl methyl sites for hydroxylation is 1. The van der Waals surface area contributed by atoms with Crippen LogP contribution in [-0.2, 0) is 24.1 Å². The van der Waals surface area contributed by atoms with Crippen LogP contribution in [0.25, 0.3) is 0 Å². The first-order valence-electron chi connectivity index (χ1n) is 11.2. The van der Waals surface area contributed by atoms with Crippen molar-refractivity contribution < 1.29 is 9.53 Å². The van der Waals surface area contributed by atoms with E-state index >= 15 is 0 Å². The Kier molecular flexibility index (Phi) is 6.56. The number of guanidine groups is 1. The number of amides is 1. The average molecular weight is 421 g/mol. The van der Waals surface area contributed by atoms with E-state index in [-0.39, 0.29) is 18.1 Å². The molecule has 2 atom stereocenters. The number of nitrogens with zero attached hydrogens (tertiary/aromatic N) is 2. The highest BCUT2D eigenvalue weighted by molar-refractivity contribution is 5.94. The summed E-state index contributed by atoms with van der Waals surface area (Å²) < 4.78 is 5.72. The van der Waals surface area contributed by atoms with Gasteiger partial charge in [-0.25, -0.2) is 4.99 Å². The van der Waals surface area contributed by atoms with Gasteiger partial charge in [0.25, 0.3) is 5.91 Å². The smallest absolute Gasteiger partial charge is 0.254 e. The van der Waals surface area contributed by atoms with Crippen LogP contribution in [0, 0.1) is 0 Å². The Morgan fingerprint density at radius 1 is 1.10 bits per heavy atom. The van der Waals surface area contributed by atoms with E-state index in [1.807, 2.05) is 43.0 Å². The molecule has 6 heteroatoms. The number of anilines is 1. The summed E-state index contributed by atoms with van der Waals surface area (Å²) in [6.07, 6.45) is 4.81. The number of rotatable bonds is 4. The second-order valence-electron chi connectivity index (χ2n) is 8.64. The summed E-state index contributed by atoms with van der Waals surface area (Å²) in [4.78, 5) is 19.2. The van der Waals surface area contributed by atoms with Crippen molar-refractivity contribution in [3.05, 3.63) is 64.7 Å². The highest BCUT2D eigenvalue weighted by Gasteiger charge is 2.26. The third-order valence-corrected chi connectivity index (χ3v) is 6.00. The second kappa shape index (κ2) is 9.52. The Morgan fingerprint density at radius 3 is 2.55 bits per heavy atom. The molecule has 0 aromatic heterocycles. The van der Waals surface area contributed by atoms with E-state index in [9.17, 15) is 4.79 Å². The van der Waals surface area contributed by atoms with Gasteiger partial charge < -0.3 is 20.7 Å². The van der Waals surface area contributed by atoms with Crippen molar-refractivity contribution >= 4 is 17.6 Å². The lowest BCUT2D eigenvalue weighted by atomic mass is 9.90. The molecule has 0 bridgehead atoms. The van der Waals surface area contributed by atoms with Crippen LogP contribution >= 0.6 is 0 Å². The van der Waals surface area contributed by atoms with Crippen LogP contribution < -0.4 is 11.1 Å². The van der Waals surface area contributed by atoms with Crippen molar-refractivity contribution in [2.45, 2.75) is 58.3 Å². The van der Waals surface area contributed by atoms with Crippen molar-refractivity contribution in [3.63, 3.8) is 0 Å². The molecular formula is C25H32N4O2. The Balaban J connectivity index is 1.37. The monoisotopic (exact) mass is 420 g/mol. The summed E-state index contributed by atoms with van der Waals surface area (Å²) in [6.45, 7) is 5.72. The summed E-state index contributed by atoms with van der Waals surface area (Å²) in [7, 11) is 0. The fourth-order valence-corrected chi connectivity index (χ4v) is 4.53. The lowest BCUT2D eigenvalue weighted by Gasteiger charge is -2.35. The Morgan fingerprint density at radius 2 is 1.81 bits per heavy atom. The van der Waals surface area contributed by atoms with Gasteiger partial charge in [0, 0.05) is 24.3 Å². The average Bonchev–Trinajstić information content (AvgIpc) is 2.77. The molecule has 0 radical (unpaired) electrons. The van der Waals surface area contributed by atoms with Gasteiger partial charge >= 0.3 is 0 Å². The molecule has 0 saturated carbocycles. The first kappa shape index (κ1) is 21.4. The number of nitrogens with one attached hydrogen (secondary N) is 1. The molecule has 1 fully saturated rings. The maximum Gasteiger partial charge on any atom is 0.254 e. The molecule has 6 nitrogen and oxygen atoms in total. The normalized spacial score (nSPS) is 21.5. The lowest BCUT2D eigenvalue weighted by Crippen LogP contribution is -2.48. The number of carbonyl (C=O) groups is 1. The highest BCUT2D eigenvalue weighted by atomic mass is 16.5. The number of hydrogen-bond donors (Lipinski definition) is 2. The second-order valence-corrected chi connectivity index (χ2v) is 8.64. The van der Waals surface area contributed by atoms with E-state index in [0.717, 1.165) is 24.1 Å². The molecule has 0 spiro atoms. The quantitative estimate of drug-likeness (QED) is 0.583. The van der Waals surface area contributed by atoms with E-state index < -0.39 is 0 Å². The number of aliphatic imine (C=N–C) groups is 1. The summed E-state index contributed by atoms with van der Waals surface area (Å²) in [6, 6.07) is 14.0. The largest absolute Gasteiger partial charge is 0.372 e. The first-order valence-corrected chi connectivity index (χ1v) is 11.2. The van der Waals surface area contributed by atoms with Gasteiger partial charge in [-0.1, -0.05) is 24.3 Å². The summed E-state index contributed by atoms with van der Waals surface area (Å²) in [5.74, 6) is 0.461. The van der Waals surface area contributed by atoms with Gasteiger partial charge in [-0.05, 0) is 74.4 Å². The topological polar surface area (TPSA) is 80.0 Å². The van der Waals surface area contributed by atoms with E-state index in [0.29, 0.717) is 31.2 Å². The molecule has 1 aliphatic carbocycles. The molecule has 1 heterocycles. The lowest BCUT2D eigenvalue weighted by molar-refractivity contribution is -0.0586. The molecule has 2 aromatic carbocycles. The summed E-state index contributed by atoms with van der Waals surface area (Å²) in [5.41, 5.74) is 11.7. The van der Waals surface area contributed by atoms with Crippen molar-refractivity contribution in [3.8, 4) is 0 Å². The maximum atomic E-state index is 12.8. The zero-order chi connectivity index (χ0) is 21.8. The van der Waals surface area contributed by atoms with Gasteiger partial charge in [-0.2, -0.15) is 0 Å². The highest BCUT2D eigenvalue weighted by Crippen LogP contribution is 2.27. The van der Waals surface area contributed by atoms with Gasteiger partial charge in [0.2, 0.25) is 0 Å². The third kappa shape index (κ3) is 5.25. The predicted octanol–water partition coefficient (Wildman–Crippen LogP) is 3.74. The molecule has 2 aromatic rings. The van der Waals surface area contributed by atoms with E-state index in [1.165, 1.54) is 24.0 Å². The number of fused-ring (bicyclic) bond motifs is 1. The number of hydrogen-bond acceptors (Lipinski definition) is 3. The van der Waals surface area contributed by atoms with Crippen LogP contribution in [0.1, 0.15) is 53.7 Å². The molecule has 2 unspecified atom stereocenters.